The van der Waals surface area contributed by atoms with E-state index in [9.17, 15) is 18.0 Å². The zero-order valence-corrected chi connectivity index (χ0v) is 11.9. The van der Waals surface area contributed by atoms with Gasteiger partial charge in [-0.2, -0.15) is 13.2 Å². The lowest BCUT2D eigenvalue weighted by atomic mass is 10.0. The minimum Gasteiger partial charge on any atom is -0.396 e. The van der Waals surface area contributed by atoms with Gasteiger partial charge in [0.15, 0.2) is 0 Å². The summed E-state index contributed by atoms with van der Waals surface area (Å²) in [6.45, 7) is 3.40. The summed E-state index contributed by atoms with van der Waals surface area (Å²) in [6.07, 6.45) is -4.96. The van der Waals surface area contributed by atoms with Crippen molar-refractivity contribution in [1.82, 2.24) is 5.32 Å². The number of nitrogens with one attached hydrogen (secondary N) is 2. The summed E-state index contributed by atoms with van der Waals surface area (Å²) in [5, 5.41) is 14.0. The molecule has 0 aromatic heterocycles. The fourth-order valence-corrected chi connectivity index (χ4v) is 1.80. The van der Waals surface area contributed by atoms with Crippen molar-refractivity contribution >= 4 is 11.7 Å². The minimum atomic E-state index is -4.29. The second-order valence-corrected chi connectivity index (χ2v) is 5.43. The highest BCUT2D eigenvalue weighted by Gasteiger charge is 2.27. The largest absolute Gasteiger partial charge is 0.396 e. The third kappa shape index (κ3) is 6.99. The normalized spacial score (nSPS) is 12.1. The smallest absolute Gasteiger partial charge is 0.393 e. The third-order valence-electron chi connectivity index (χ3n) is 2.78. The Labute approximate surface area is 121 Å². The van der Waals surface area contributed by atoms with E-state index in [4.69, 9.17) is 5.11 Å². The summed E-state index contributed by atoms with van der Waals surface area (Å²) in [7, 11) is 0. The van der Waals surface area contributed by atoms with E-state index in [2.05, 4.69) is 10.6 Å². The number of urea groups is 1. The SMILES string of the molecule is CC(C)(CCO)NC(=O)Nc1cccc(CC(F)(F)F)c1. The van der Waals surface area contributed by atoms with Crippen molar-refractivity contribution in [2.75, 3.05) is 11.9 Å². The van der Waals surface area contributed by atoms with Crippen LogP contribution in [0.4, 0.5) is 23.7 Å². The molecule has 3 N–H and O–H groups in total. The quantitative estimate of drug-likeness (QED) is 0.783. The van der Waals surface area contributed by atoms with Crippen LogP contribution in [-0.2, 0) is 6.42 Å². The summed E-state index contributed by atoms with van der Waals surface area (Å²) in [5.41, 5.74) is -0.244. The summed E-state index contributed by atoms with van der Waals surface area (Å²) in [5.74, 6) is 0. The molecule has 1 aromatic rings. The molecule has 0 bridgehead atoms. The number of anilines is 1. The molecular weight excluding hydrogens is 285 g/mol. The molecule has 0 unspecified atom stereocenters. The monoisotopic (exact) mass is 304 g/mol. The zero-order valence-electron chi connectivity index (χ0n) is 11.9. The maximum atomic E-state index is 12.3. The molecule has 7 heteroatoms. The van der Waals surface area contributed by atoms with E-state index in [0.717, 1.165) is 0 Å². The molecule has 1 rings (SSSR count). The van der Waals surface area contributed by atoms with Gasteiger partial charge in [0.25, 0.3) is 0 Å². The Bertz CT molecular complexity index is 487. The Hall–Kier alpha value is -1.76. The van der Waals surface area contributed by atoms with Crippen LogP contribution >= 0.6 is 0 Å². The van der Waals surface area contributed by atoms with Crippen molar-refractivity contribution in [2.45, 2.75) is 38.4 Å². The fraction of sp³-hybridized carbons (Fsp3) is 0.500. The highest BCUT2D eigenvalue weighted by Crippen LogP contribution is 2.22. The number of aliphatic hydroxyl groups excluding tert-OH is 1. The predicted octanol–water partition coefficient (Wildman–Crippen LogP) is 3.07. The fourth-order valence-electron chi connectivity index (χ4n) is 1.80. The van der Waals surface area contributed by atoms with Gasteiger partial charge in [0.2, 0.25) is 0 Å². The van der Waals surface area contributed by atoms with Crippen LogP contribution in [0.2, 0.25) is 0 Å². The first-order chi connectivity index (χ1) is 9.61. The molecule has 1 aromatic carbocycles. The number of halogens is 3. The van der Waals surface area contributed by atoms with Gasteiger partial charge in [-0.3, -0.25) is 0 Å². The molecule has 0 spiro atoms. The predicted molar refractivity (Wildman–Crippen MR) is 74.1 cm³/mol. The molecule has 118 valence electrons. The van der Waals surface area contributed by atoms with Gasteiger partial charge in [-0.1, -0.05) is 12.1 Å². The van der Waals surface area contributed by atoms with Crippen LogP contribution < -0.4 is 10.6 Å². The summed E-state index contributed by atoms with van der Waals surface area (Å²) >= 11 is 0. The summed E-state index contributed by atoms with van der Waals surface area (Å²) in [4.78, 5) is 11.8. The van der Waals surface area contributed by atoms with Gasteiger partial charge in [-0.15, -0.1) is 0 Å². The van der Waals surface area contributed by atoms with E-state index in [-0.39, 0.29) is 17.9 Å². The summed E-state index contributed by atoms with van der Waals surface area (Å²) < 4.78 is 37.0. The van der Waals surface area contributed by atoms with Crippen LogP contribution in [0.1, 0.15) is 25.8 Å². The van der Waals surface area contributed by atoms with E-state index < -0.39 is 24.2 Å². The molecule has 0 aliphatic rings. The van der Waals surface area contributed by atoms with Gasteiger partial charge in [0, 0.05) is 17.8 Å². The molecule has 0 aliphatic carbocycles. The molecule has 0 radical (unpaired) electrons. The average molecular weight is 304 g/mol. The van der Waals surface area contributed by atoms with E-state index in [1.54, 1.807) is 13.8 Å². The Morgan fingerprint density at radius 2 is 1.95 bits per heavy atom. The number of aliphatic hydroxyl groups is 1. The lowest BCUT2D eigenvalue weighted by molar-refractivity contribution is -0.127. The molecule has 0 fully saturated rings. The van der Waals surface area contributed by atoms with Gasteiger partial charge >= 0.3 is 12.2 Å². The molecule has 4 nitrogen and oxygen atoms in total. The van der Waals surface area contributed by atoms with Gasteiger partial charge in [-0.05, 0) is 38.0 Å². The Balaban J connectivity index is 2.66. The number of carbonyl (C=O) groups is 1. The van der Waals surface area contributed by atoms with Crippen molar-refractivity contribution < 1.29 is 23.1 Å². The van der Waals surface area contributed by atoms with Crippen LogP contribution in [0.25, 0.3) is 0 Å². The van der Waals surface area contributed by atoms with Crippen LogP contribution in [-0.4, -0.2) is 29.5 Å². The first-order valence-electron chi connectivity index (χ1n) is 6.47. The van der Waals surface area contributed by atoms with Gasteiger partial charge in [0.05, 0.1) is 6.42 Å². The first-order valence-corrected chi connectivity index (χ1v) is 6.47. The second-order valence-electron chi connectivity index (χ2n) is 5.43. The maximum absolute atomic E-state index is 12.3. The molecule has 0 atom stereocenters. The number of hydrogen-bond acceptors (Lipinski definition) is 2. The van der Waals surface area contributed by atoms with Crippen molar-refractivity contribution in [3.63, 3.8) is 0 Å². The highest BCUT2D eigenvalue weighted by atomic mass is 19.4. The number of rotatable bonds is 5. The standard InChI is InChI=1S/C14H19F3N2O2/c1-13(2,6-7-20)19-12(21)18-11-5-3-4-10(8-11)9-14(15,16)17/h3-5,8,20H,6-7,9H2,1-2H3,(H2,18,19,21). The topological polar surface area (TPSA) is 61.4 Å². The van der Waals surface area contributed by atoms with E-state index in [1.165, 1.54) is 24.3 Å². The number of alkyl halides is 3. The third-order valence-corrected chi connectivity index (χ3v) is 2.78. The average Bonchev–Trinajstić information content (AvgIpc) is 2.25. The van der Waals surface area contributed by atoms with Crippen molar-refractivity contribution in [1.29, 1.82) is 0 Å². The lowest BCUT2D eigenvalue weighted by Crippen LogP contribution is -2.46. The number of benzene rings is 1. The van der Waals surface area contributed by atoms with Gasteiger partial charge < -0.3 is 15.7 Å². The highest BCUT2D eigenvalue weighted by molar-refractivity contribution is 5.89. The maximum Gasteiger partial charge on any atom is 0.393 e. The van der Waals surface area contributed by atoms with Crippen molar-refractivity contribution in [3.05, 3.63) is 29.8 Å². The van der Waals surface area contributed by atoms with Crippen LogP contribution in [0.5, 0.6) is 0 Å². The minimum absolute atomic E-state index is 0.0751. The Kier molecular flexibility index (Phi) is 5.60. The molecular formula is C14H19F3N2O2. The van der Waals surface area contributed by atoms with Crippen LogP contribution in [0, 0.1) is 0 Å². The first kappa shape index (κ1) is 17.3. The molecule has 0 heterocycles. The van der Waals surface area contributed by atoms with Crippen LogP contribution in [0.3, 0.4) is 0 Å². The zero-order chi connectivity index (χ0) is 16.1. The van der Waals surface area contributed by atoms with E-state index in [1.807, 2.05) is 0 Å². The number of hydrogen-bond donors (Lipinski definition) is 3. The number of carbonyl (C=O) groups excluding carboxylic acids is 1. The number of amides is 2. The molecule has 0 aliphatic heterocycles. The lowest BCUT2D eigenvalue weighted by Gasteiger charge is -2.25. The van der Waals surface area contributed by atoms with Crippen molar-refractivity contribution in [2.24, 2.45) is 0 Å². The van der Waals surface area contributed by atoms with E-state index in [0.29, 0.717) is 6.42 Å². The van der Waals surface area contributed by atoms with Gasteiger partial charge in [-0.25, -0.2) is 4.79 Å². The van der Waals surface area contributed by atoms with Gasteiger partial charge in [0.1, 0.15) is 0 Å². The van der Waals surface area contributed by atoms with E-state index >= 15 is 0 Å². The summed E-state index contributed by atoms with van der Waals surface area (Å²) in [6, 6.07) is 5.07. The Morgan fingerprint density at radius 3 is 2.52 bits per heavy atom. The molecule has 21 heavy (non-hydrogen) atoms. The Morgan fingerprint density at radius 1 is 1.29 bits per heavy atom. The van der Waals surface area contributed by atoms with Crippen LogP contribution in [0.15, 0.2) is 24.3 Å². The van der Waals surface area contributed by atoms with Crippen molar-refractivity contribution in [3.8, 4) is 0 Å². The molecule has 2 amide bonds. The molecule has 0 saturated carbocycles. The molecule has 0 saturated heterocycles. The second kappa shape index (κ2) is 6.80.